The van der Waals surface area contributed by atoms with Crippen molar-refractivity contribution in [2.75, 3.05) is 19.1 Å². The molecule has 5 nitrogen and oxygen atoms in total. The molecule has 2 aromatic rings. The molecule has 3 rings (SSSR count). The number of thioether (sulfide) groups is 1. The normalized spacial score (nSPS) is 15.7. The number of nitrogens with zero attached hydrogens (tertiary/aromatic N) is 1. The van der Waals surface area contributed by atoms with Gasteiger partial charge < -0.3 is 9.47 Å². The van der Waals surface area contributed by atoms with Gasteiger partial charge in [-0.15, -0.1) is 0 Å². The maximum Gasteiger partial charge on any atom is 0.298 e. The zero-order valence-electron chi connectivity index (χ0n) is 13.8. The molecule has 134 valence electrons. The lowest BCUT2D eigenvalue weighted by Crippen LogP contribution is -2.28. The molecule has 0 bridgehead atoms. The number of amides is 2. The van der Waals surface area contributed by atoms with Gasteiger partial charge in [-0.05, 0) is 42.1 Å². The average molecular weight is 410 g/mol. The number of ether oxygens (including phenoxy) is 2. The molecule has 0 spiro atoms. The Morgan fingerprint density at radius 3 is 2.50 bits per heavy atom. The van der Waals surface area contributed by atoms with Gasteiger partial charge in [0.1, 0.15) is 11.5 Å². The standard InChI is InChI=1S/C18H13Cl2NO4S/c1-24-14-6-4-3-5-13(14)21-17(22)15(26-18(21)23)8-10-7-11(19)9-12(20)16(10)25-2/h3-9H,1-2H3/b15-8+. The summed E-state index contributed by atoms with van der Waals surface area (Å²) in [6, 6.07) is 9.97. The summed E-state index contributed by atoms with van der Waals surface area (Å²) in [5.74, 6) is 0.349. The fourth-order valence-corrected chi connectivity index (χ4v) is 3.95. The van der Waals surface area contributed by atoms with E-state index in [2.05, 4.69) is 0 Å². The summed E-state index contributed by atoms with van der Waals surface area (Å²) >= 11 is 13.0. The van der Waals surface area contributed by atoms with Gasteiger partial charge in [0.05, 0.1) is 29.8 Å². The zero-order valence-corrected chi connectivity index (χ0v) is 16.1. The highest BCUT2D eigenvalue weighted by atomic mass is 35.5. The molecule has 0 unspecified atom stereocenters. The zero-order chi connectivity index (χ0) is 18.8. The SMILES string of the molecule is COc1ccccc1N1C(=O)S/C(=C/c2cc(Cl)cc(Cl)c2OC)C1=O. The largest absolute Gasteiger partial charge is 0.495 e. The third-order valence-electron chi connectivity index (χ3n) is 3.65. The van der Waals surface area contributed by atoms with Gasteiger partial charge in [0.2, 0.25) is 0 Å². The monoisotopic (exact) mass is 409 g/mol. The second-order valence-electron chi connectivity index (χ2n) is 5.20. The van der Waals surface area contributed by atoms with Crippen LogP contribution < -0.4 is 14.4 Å². The topological polar surface area (TPSA) is 55.8 Å². The lowest BCUT2D eigenvalue weighted by atomic mass is 10.1. The van der Waals surface area contributed by atoms with Crippen LogP contribution >= 0.6 is 35.0 Å². The molecule has 26 heavy (non-hydrogen) atoms. The molecule has 0 aliphatic carbocycles. The summed E-state index contributed by atoms with van der Waals surface area (Å²) in [7, 11) is 2.94. The fraction of sp³-hybridized carbons (Fsp3) is 0.111. The summed E-state index contributed by atoms with van der Waals surface area (Å²) in [6.45, 7) is 0. The van der Waals surface area contributed by atoms with Gasteiger partial charge in [-0.1, -0.05) is 35.3 Å². The number of para-hydroxylation sites is 2. The Bertz CT molecular complexity index is 929. The third kappa shape index (κ3) is 3.40. The minimum Gasteiger partial charge on any atom is -0.495 e. The Morgan fingerprint density at radius 2 is 1.81 bits per heavy atom. The summed E-state index contributed by atoms with van der Waals surface area (Å²) < 4.78 is 10.5. The highest BCUT2D eigenvalue weighted by Gasteiger charge is 2.37. The van der Waals surface area contributed by atoms with Gasteiger partial charge in [-0.25, -0.2) is 4.90 Å². The van der Waals surface area contributed by atoms with Crippen molar-refractivity contribution in [2.24, 2.45) is 0 Å². The van der Waals surface area contributed by atoms with E-state index in [0.717, 1.165) is 16.7 Å². The highest BCUT2D eigenvalue weighted by molar-refractivity contribution is 8.19. The molecule has 0 aromatic heterocycles. The van der Waals surface area contributed by atoms with E-state index in [9.17, 15) is 9.59 Å². The Balaban J connectivity index is 2.04. The molecule has 0 N–H and O–H groups in total. The molecule has 8 heteroatoms. The molecule has 1 fully saturated rings. The number of halogens is 2. The first-order chi connectivity index (χ1) is 12.5. The van der Waals surface area contributed by atoms with Crippen LogP contribution in [0.3, 0.4) is 0 Å². The first-order valence-corrected chi connectivity index (χ1v) is 8.97. The van der Waals surface area contributed by atoms with Gasteiger partial charge in [-0.3, -0.25) is 9.59 Å². The number of hydrogen-bond donors (Lipinski definition) is 0. The maximum atomic E-state index is 12.8. The molecule has 2 amide bonds. The molecule has 0 atom stereocenters. The second kappa shape index (κ2) is 7.61. The first kappa shape index (κ1) is 18.6. The van der Waals surface area contributed by atoms with Gasteiger partial charge in [0, 0.05) is 10.6 Å². The van der Waals surface area contributed by atoms with Crippen LogP contribution in [0.4, 0.5) is 10.5 Å². The van der Waals surface area contributed by atoms with Crippen molar-refractivity contribution in [3.63, 3.8) is 0 Å². The summed E-state index contributed by atoms with van der Waals surface area (Å²) in [4.78, 5) is 26.6. The average Bonchev–Trinajstić information content (AvgIpc) is 2.88. The molecule has 1 aliphatic rings. The predicted octanol–water partition coefficient (Wildman–Crippen LogP) is 5.25. The van der Waals surface area contributed by atoms with E-state index in [1.807, 2.05) is 0 Å². The fourth-order valence-electron chi connectivity index (χ4n) is 2.53. The van der Waals surface area contributed by atoms with Crippen LogP contribution in [0, 0.1) is 0 Å². The van der Waals surface area contributed by atoms with E-state index < -0.39 is 11.1 Å². The number of rotatable bonds is 4. The van der Waals surface area contributed by atoms with Gasteiger partial charge >= 0.3 is 0 Å². The maximum absolute atomic E-state index is 12.8. The molecule has 1 aliphatic heterocycles. The smallest absolute Gasteiger partial charge is 0.298 e. The van der Waals surface area contributed by atoms with Crippen molar-refractivity contribution in [1.29, 1.82) is 0 Å². The molecular formula is C18H13Cl2NO4S. The summed E-state index contributed by atoms with van der Waals surface area (Å²) in [5, 5.41) is 0.291. The van der Waals surface area contributed by atoms with Crippen molar-refractivity contribution in [2.45, 2.75) is 0 Å². The van der Waals surface area contributed by atoms with Crippen LogP contribution in [0.2, 0.25) is 10.0 Å². The van der Waals surface area contributed by atoms with Crippen LogP contribution in [0.15, 0.2) is 41.3 Å². The molecule has 2 aromatic carbocycles. The number of carbonyl (C=O) groups is 2. The van der Waals surface area contributed by atoms with E-state index in [1.54, 1.807) is 36.4 Å². The van der Waals surface area contributed by atoms with Crippen LogP contribution in [-0.2, 0) is 4.79 Å². The molecule has 0 saturated carbocycles. The van der Waals surface area contributed by atoms with Crippen molar-refractivity contribution in [3.05, 3.63) is 56.9 Å². The summed E-state index contributed by atoms with van der Waals surface area (Å²) in [6.07, 6.45) is 1.54. The van der Waals surface area contributed by atoms with Gasteiger partial charge in [0.15, 0.2) is 0 Å². The van der Waals surface area contributed by atoms with Gasteiger partial charge in [-0.2, -0.15) is 0 Å². The highest BCUT2D eigenvalue weighted by Crippen LogP contribution is 2.41. The Kier molecular flexibility index (Phi) is 5.46. The first-order valence-electron chi connectivity index (χ1n) is 7.40. The number of carbonyl (C=O) groups excluding carboxylic acids is 2. The number of imide groups is 1. The minimum atomic E-state index is -0.456. The Hall–Kier alpha value is -2.15. The van der Waals surface area contributed by atoms with Gasteiger partial charge in [0.25, 0.3) is 11.1 Å². The Morgan fingerprint density at radius 1 is 1.08 bits per heavy atom. The lowest BCUT2D eigenvalue weighted by Gasteiger charge is -2.15. The van der Waals surface area contributed by atoms with Crippen LogP contribution in [-0.4, -0.2) is 25.4 Å². The molecule has 0 radical (unpaired) electrons. The van der Waals surface area contributed by atoms with Crippen LogP contribution in [0.1, 0.15) is 5.56 Å². The number of benzene rings is 2. The minimum absolute atomic E-state index is 0.234. The van der Waals surface area contributed by atoms with Crippen LogP contribution in [0.5, 0.6) is 11.5 Å². The van der Waals surface area contributed by atoms with Crippen molar-refractivity contribution >= 4 is 57.9 Å². The van der Waals surface area contributed by atoms with Crippen molar-refractivity contribution in [1.82, 2.24) is 0 Å². The number of hydrogen-bond acceptors (Lipinski definition) is 5. The number of methoxy groups -OCH3 is 2. The summed E-state index contributed by atoms with van der Waals surface area (Å²) in [5.41, 5.74) is 0.896. The van der Waals surface area contributed by atoms with Crippen molar-refractivity contribution in [3.8, 4) is 11.5 Å². The lowest BCUT2D eigenvalue weighted by molar-refractivity contribution is -0.113. The van der Waals surface area contributed by atoms with E-state index in [0.29, 0.717) is 32.8 Å². The van der Waals surface area contributed by atoms with E-state index >= 15 is 0 Å². The molecular weight excluding hydrogens is 397 g/mol. The van der Waals surface area contributed by atoms with Crippen LogP contribution in [0.25, 0.3) is 6.08 Å². The van der Waals surface area contributed by atoms with E-state index in [1.165, 1.54) is 20.3 Å². The third-order valence-corrected chi connectivity index (χ3v) is 5.02. The Labute approximate surface area is 164 Å². The van der Waals surface area contributed by atoms with Crippen molar-refractivity contribution < 1.29 is 19.1 Å². The predicted molar refractivity (Wildman–Crippen MR) is 104 cm³/mol. The number of anilines is 1. The molecule has 1 saturated heterocycles. The van der Waals surface area contributed by atoms with E-state index in [-0.39, 0.29) is 4.91 Å². The van der Waals surface area contributed by atoms with E-state index in [4.69, 9.17) is 32.7 Å². The molecule has 1 heterocycles. The second-order valence-corrected chi connectivity index (χ2v) is 7.04. The quantitative estimate of drug-likeness (QED) is 0.645.